The van der Waals surface area contributed by atoms with Crippen molar-refractivity contribution in [1.82, 2.24) is 5.32 Å². The van der Waals surface area contributed by atoms with Crippen LogP contribution in [-0.4, -0.2) is 52.2 Å². The molecule has 1 amide bonds. The van der Waals surface area contributed by atoms with Crippen molar-refractivity contribution in [2.45, 2.75) is 40.2 Å². The molecular formula is C14H27NO6Si. The van der Waals surface area contributed by atoms with Crippen LogP contribution in [0, 0.1) is 0 Å². The Kier molecular flexibility index (Phi) is 10.7. The summed E-state index contributed by atoms with van der Waals surface area (Å²) in [7, 11) is -2.68. The summed E-state index contributed by atoms with van der Waals surface area (Å²) in [6, 6.07) is 0.602. The zero-order valence-electron chi connectivity index (χ0n) is 13.8. The fourth-order valence-corrected chi connectivity index (χ4v) is 4.51. The molecule has 0 aromatic rings. The Morgan fingerprint density at radius 2 is 1.59 bits per heavy atom. The van der Waals surface area contributed by atoms with Gasteiger partial charge in [-0.3, -0.25) is 4.79 Å². The average Bonchev–Trinajstić information content (AvgIpc) is 2.43. The molecule has 0 unspecified atom stereocenters. The van der Waals surface area contributed by atoms with E-state index in [0.717, 1.165) is 6.08 Å². The zero-order valence-corrected chi connectivity index (χ0v) is 14.8. The Bertz CT molecular complexity index is 369. The summed E-state index contributed by atoms with van der Waals surface area (Å²) in [5.41, 5.74) is 0.162. The van der Waals surface area contributed by atoms with Gasteiger partial charge in [0.25, 0.3) is 0 Å². The molecule has 0 bridgehead atoms. The standard InChI is InChI=1S/C14H27NO6Si/c1-5-19-22(20-6-2,21-7-3)10-8-9-15-14(18)12(4)11-13(16)17/h11H,5-10H2,1-4H3,(H,15,18)(H,16,17)/b12-11+. The number of carboxylic acid groups (broad SMARTS) is 1. The molecule has 0 aromatic heterocycles. The number of nitrogens with one attached hydrogen (secondary N) is 1. The van der Waals surface area contributed by atoms with Crippen LogP contribution in [0.3, 0.4) is 0 Å². The first-order valence-corrected chi connectivity index (χ1v) is 9.45. The number of carbonyl (C=O) groups excluding carboxylic acids is 1. The van der Waals surface area contributed by atoms with Crippen LogP contribution in [0.2, 0.25) is 6.04 Å². The highest BCUT2D eigenvalue weighted by Crippen LogP contribution is 2.17. The third-order valence-electron chi connectivity index (χ3n) is 2.74. The fourth-order valence-electron chi connectivity index (χ4n) is 1.90. The third-order valence-corrected chi connectivity index (χ3v) is 5.89. The van der Waals surface area contributed by atoms with Crippen molar-refractivity contribution in [3.05, 3.63) is 11.6 Å². The van der Waals surface area contributed by atoms with Gasteiger partial charge in [-0.25, -0.2) is 4.79 Å². The second-order valence-electron chi connectivity index (χ2n) is 4.51. The number of amides is 1. The second-order valence-corrected chi connectivity index (χ2v) is 7.24. The minimum absolute atomic E-state index is 0.162. The summed E-state index contributed by atoms with van der Waals surface area (Å²) in [5.74, 6) is -1.53. The highest BCUT2D eigenvalue weighted by atomic mass is 28.4. The van der Waals surface area contributed by atoms with E-state index in [1.165, 1.54) is 6.92 Å². The lowest BCUT2D eigenvalue weighted by Gasteiger charge is -2.28. The second kappa shape index (κ2) is 11.4. The number of aliphatic carboxylic acids is 1. The lowest BCUT2D eigenvalue weighted by molar-refractivity contribution is -0.131. The van der Waals surface area contributed by atoms with Crippen LogP contribution < -0.4 is 5.32 Å². The van der Waals surface area contributed by atoms with Crippen molar-refractivity contribution < 1.29 is 28.0 Å². The molecule has 0 heterocycles. The first-order valence-electron chi connectivity index (χ1n) is 7.52. The maximum Gasteiger partial charge on any atom is 0.500 e. The SMILES string of the molecule is CCO[Si](CCCNC(=O)/C(C)=C/C(=O)O)(OCC)OCC. The van der Waals surface area contributed by atoms with E-state index in [1.54, 1.807) is 0 Å². The summed E-state index contributed by atoms with van der Waals surface area (Å²) >= 11 is 0. The van der Waals surface area contributed by atoms with E-state index in [2.05, 4.69) is 5.32 Å². The fraction of sp³-hybridized carbons (Fsp3) is 0.714. The lowest BCUT2D eigenvalue weighted by atomic mass is 10.2. The first kappa shape index (κ1) is 20.8. The normalized spacial score (nSPS) is 12.3. The van der Waals surface area contributed by atoms with Crippen molar-refractivity contribution in [2.24, 2.45) is 0 Å². The van der Waals surface area contributed by atoms with Crippen molar-refractivity contribution in [3.63, 3.8) is 0 Å². The Morgan fingerprint density at radius 1 is 1.09 bits per heavy atom. The number of carbonyl (C=O) groups is 2. The molecular weight excluding hydrogens is 306 g/mol. The minimum atomic E-state index is -2.68. The molecule has 0 aliphatic rings. The highest BCUT2D eigenvalue weighted by Gasteiger charge is 2.39. The van der Waals surface area contributed by atoms with Crippen LogP contribution in [0.5, 0.6) is 0 Å². The number of carboxylic acids is 1. The van der Waals surface area contributed by atoms with Crippen LogP contribution in [0.1, 0.15) is 34.1 Å². The molecule has 0 spiro atoms. The third kappa shape index (κ3) is 8.28. The quantitative estimate of drug-likeness (QED) is 0.320. The zero-order chi connectivity index (χ0) is 17.0. The van der Waals surface area contributed by atoms with E-state index in [0.29, 0.717) is 38.8 Å². The predicted molar refractivity (Wildman–Crippen MR) is 84.5 cm³/mol. The summed E-state index contributed by atoms with van der Waals surface area (Å²) < 4.78 is 17.1. The lowest BCUT2D eigenvalue weighted by Crippen LogP contribution is -2.46. The molecule has 0 fully saturated rings. The molecule has 2 N–H and O–H groups in total. The molecule has 7 nitrogen and oxygen atoms in total. The van der Waals surface area contributed by atoms with Gasteiger partial charge in [0.05, 0.1) is 0 Å². The predicted octanol–water partition coefficient (Wildman–Crippen LogP) is 1.57. The summed E-state index contributed by atoms with van der Waals surface area (Å²) in [4.78, 5) is 22.1. The molecule has 0 saturated heterocycles. The van der Waals surface area contributed by atoms with Crippen LogP contribution in [0.25, 0.3) is 0 Å². The minimum Gasteiger partial charge on any atom is -0.478 e. The van der Waals surface area contributed by atoms with Gasteiger partial charge in [0.1, 0.15) is 0 Å². The Morgan fingerprint density at radius 3 is 2.00 bits per heavy atom. The van der Waals surface area contributed by atoms with Gasteiger partial charge in [0.2, 0.25) is 5.91 Å². The Balaban J connectivity index is 4.38. The average molecular weight is 333 g/mol. The van der Waals surface area contributed by atoms with Crippen molar-refractivity contribution in [2.75, 3.05) is 26.4 Å². The molecule has 22 heavy (non-hydrogen) atoms. The van der Waals surface area contributed by atoms with Gasteiger partial charge in [-0.15, -0.1) is 0 Å². The number of hydrogen-bond donors (Lipinski definition) is 2. The summed E-state index contributed by atoms with van der Waals surface area (Å²) in [6.07, 6.45) is 1.52. The maximum atomic E-state index is 11.7. The monoisotopic (exact) mass is 333 g/mol. The van der Waals surface area contributed by atoms with E-state index in [4.69, 9.17) is 18.4 Å². The largest absolute Gasteiger partial charge is 0.500 e. The summed E-state index contributed by atoms with van der Waals surface area (Å²) in [5, 5.41) is 11.3. The molecule has 8 heteroatoms. The summed E-state index contributed by atoms with van der Waals surface area (Å²) in [6.45, 7) is 9.08. The van der Waals surface area contributed by atoms with Crippen molar-refractivity contribution in [3.8, 4) is 0 Å². The molecule has 0 aliphatic heterocycles. The molecule has 0 aliphatic carbocycles. The smallest absolute Gasteiger partial charge is 0.478 e. The van der Waals surface area contributed by atoms with Crippen molar-refractivity contribution in [1.29, 1.82) is 0 Å². The van der Waals surface area contributed by atoms with E-state index >= 15 is 0 Å². The van der Waals surface area contributed by atoms with Gasteiger partial charge in [0.15, 0.2) is 0 Å². The van der Waals surface area contributed by atoms with Crippen LogP contribution >= 0.6 is 0 Å². The van der Waals surface area contributed by atoms with Gasteiger partial charge in [0, 0.05) is 44.1 Å². The highest BCUT2D eigenvalue weighted by molar-refractivity contribution is 6.60. The maximum absolute atomic E-state index is 11.7. The molecule has 0 radical (unpaired) electrons. The van der Waals surface area contributed by atoms with Gasteiger partial charge in [-0.2, -0.15) is 0 Å². The Hall–Kier alpha value is -1.22. The van der Waals surface area contributed by atoms with Crippen LogP contribution in [0.4, 0.5) is 0 Å². The van der Waals surface area contributed by atoms with E-state index in [-0.39, 0.29) is 11.5 Å². The molecule has 0 rings (SSSR count). The van der Waals surface area contributed by atoms with Crippen LogP contribution in [0.15, 0.2) is 11.6 Å². The first-order chi connectivity index (χ1) is 10.4. The van der Waals surface area contributed by atoms with E-state index in [1.807, 2.05) is 20.8 Å². The number of hydrogen-bond acceptors (Lipinski definition) is 5. The van der Waals surface area contributed by atoms with Gasteiger partial charge >= 0.3 is 14.8 Å². The van der Waals surface area contributed by atoms with Gasteiger partial charge in [-0.1, -0.05) is 0 Å². The number of rotatable bonds is 12. The molecule has 0 saturated carbocycles. The van der Waals surface area contributed by atoms with Gasteiger partial charge in [-0.05, 0) is 34.1 Å². The van der Waals surface area contributed by atoms with Crippen LogP contribution in [-0.2, 0) is 22.9 Å². The molecule has 0 atom stereocenters. The van der Waals surface area contributed by atoms with E-state index < -0.39 is 14.8 Å². The topological polar surface area (TPSA) is 94.1 Å². The molecule has 128 valence electrons. The molecule has 0 aromatic carbocycles. The van der Waals surface area contributed by atoms with Gasteiger partial charge < -0.3 is 23.7 Å². The van der Waals surface area contributed by atoms with E-state index in [9.17, 15) is 9.59 Å². The van der Waals surface area contributed by atoms with Crippen molar-refractivity contribution >= 4 is 20.7 Å². The Labute approximate surface area is 133 Å².